The molecule has 0 radical (unpaired) electrons. The Balaban J connectivity index is 2.52. The second-order valence-electron chi connectivity index (χ2n) is 6.19. The maximum atomic E-state index is 11.5. The first-order valence-electron chi connectivity index (χ1n) is 7.03. The van der Waals surface area contributed by atoms with Crippen LogP contribution in [-0.4, -0.2) is 6.29 Å². The van der Waals surface area contributed by atoms with E-state index in [4.69, 9.17) is 0 Å². The summed E-state index contributed by atoms with van der Waals surface area (Å²) in [6.45, 7) is 8.17. The molecule has 104 valence electrons. The summed E-state index contributed by atoms with van der Waals surface area (Å²) in [6.07, 6.45) is 1.07. The SMILES string of the molecule is Cc1ccc(C(c2ccc(C)cc2)C(C)(C)C=O)cc1. The number of benzene rings is 2. The van der Waals surface area contributed by atoms with Crippen molar-refractivity contribution in [2.45, 2.75) is 33.6 Å². The van der Waals surface area contributed by atoms with Gasteiger partial charge in [-0.25, -0.2) is 0 Å². The molecule has 0 saturated carbocycles. The average Bonchev–Trinajstić information content (AvgIpc) is 2.43. The van der Waals surface area contributed by atoms with Crippen LogP contribution in [0.1, 0.15) is 42.0 Å². The van der Waals surface area contributed by atoms with E-state index >= 15 is 0 Å². The fourth-order valence-electron chi connectivity index (χ4n) is 2.64. The Morgan fingerprint density at radius 2 is 1.15 bits per heavy atom. The van der Waals surface area contributed by atoms with Crippen LogP contribution in [0.15, 0.2) is 48.5 Å². The van der Waals surface area contributed by atoms with E-state index in [2.05, 4.69) is 62.4 Å². The van der Waals surface area contributed by atoms with Gasteiger partial charge in [-0.2, -0.15) is 0 Å². The van der Waals surface area contributed by atoms with Gasteiger partial charge in [0.25, 0.3) is 0 Å². The van der Waals surface area contributed by atoms with E-state index in [1.807, 2.05) is 13.8 Å². The molecular formula is C19H22O. The maximum Gasteiger partial charge on any atom is 0.126 e. The van der Waals surface area contributed by atoms with Gasteiger partial charge in [-0.1, -0.05) is 73.5 Å². The van der Waals surface area contributed by atoms with E-state index in [0.29, 0.717) is 0 Å². The lowest BCUT2D eigenvalue weighted by atomic mass is 9.72. The van der Waals surface area contributed by atoms with Gasteiger partial charge < -0.3 is 4.79 Å². The van der Waals surface area contributed by atoms with Gasteiger partial charge in [-0.15, -0.1) is 0 Å². The van der Waals surface area contributed by atoms with Gasteiger partial charge in [-0.05, 0) is 25.0 Å². The van der Waals surface area contributed by atoms with Crippen molar-refractivity contribution in [3.8, 4) is 0 Å². The van der Waals surface area contributed by atoms with Gasteiger partial charge >= 0.3 is 0 Å². The Kier molecular flexibility index (Phi) is 4.08. The van der Waals surface area contributed by atoms with Crippen LogP contribution in [0.4, 0.5) is 0 Å². The Labute approximate surface area is 121 Å². The van der Waals surface area contributed by atoms with Crippen LogP contribution in [0.25, 0.3) is 0 Å². The zero-order valence-corrected chi connectivity index (χ0v) is 12.7. The van der Waals surface area contributed by atoms with Crippen molar-refractivity contribution in [3.63, 3.8) is 0 Å². The summed E-state index contributed by atoms with van der Waals surface area (Å²) in [7, 11) is 0. The number of aryl methyl sites for hydroxylation is 2. The van der Waals surface area contributed by atoms with E-state index in [-0.39, 0.29) is 5.92 Å². The lowest BCUT2D eigenvalue weighted by Crippen LogP contribution is -2.24. The Morgan fingerprint density at radius 3 is 1.45 bits per heavy atom. The van der Waals surface area contributed by atoms with Gasteiger partial charge in [0.15, 0.2) is 0 Å². The predicted octanol–water partition coefficient (Wildman–Crippen LogP) is 4.66. The van der Waals surface area contributed by atoms with E-state index in [9.17, 15) is 4.79 Å². The van der Waals surface area contributed by atoms with Gasteiger partial charge in [0.05, 0.1) is 0 Å². The van der Waals surface area contributed by atoms with Crippen molar-refractivity contribution < 1.29 is 4.79 Å². The second-order valence-corrected chi connectivity index (χ2v) is 6.19. The van der Waals surface area contributed by atoms with Crippen LogP contribution in [0.5, 0.6) is 0 Å². The van der Waals surface area contributed by atoms with Crippen molar-refractivity contribution >= 4 is 6.29 Å². The van der Waals surface area contributed by atoms with Gasteiger partial charge in [0.2, 0.25) is 0 Å². The van der Waals surface area contributed by atoms with Crippen molar-refractivity contribution in [1.29, 1.82) is 0 Å². The molecule has 0 N–H and O–H groups in total. The quantitative estimate of drug-likeness (QED) is 0.735. The highest BCUT2D eigenvalue weighted by Gasteiger charge is 2.31. The molecule has 0 aliphatic carbocycles. The minimum absolute atomic E-state index is 0.0844. The molecule has 0 aliphatic rings. The van der Waals surface area contributed by atoms with Crippen molar-refractivity contribution in [3.05, 3.63) is 70.8 Å². The molecule has 0 aromatic heterocycles. The lowest BCUT2D eigenvalue weighted by Gasteiger charge is -2.30. The molecule has 0 heterocycles. The summed E-state index contributed by atoms with van der Waals surface area (Å²) in [6, 6.07) is 17.0. The van der Waals surface area contributed by atoms with Crippen LogP contribution in [0.3, 0.4) is 0 Å². The maximum absolute atomic E-state index is 11.5. The number of carbonyl (C=O) groups excluding carboxylic acids is 1. The summed E-state index contributed by atoms with van der Waals surface area (Å²) in [4.78, 5) is 11.5. The molecule has 2 aromatic carbocycles. The summed E-state index contributed by atoms with van der Waals surface area (Å²) in [5.74, 6) is 0.0844. The molecule has 0 atom stereocenters. The Bertz CT molecular complexity index is 531. The molecule has 0 unspecified atom stereocenters. The van der Waals surface area contributed by atoms with Gasteiger partial charge in [0, 0.05) is 11.3 Å². The third-order valence-electron chi connectivity index (χ3n) is 3.87. The van der Waals surface area contributed by atoms with Crippen LogP contribution in [0.2, 0.25) is 0 Å². The summed E-state index contributed by atoms with van der Waals surface area (Å²) in [5, 5.41) is 0. The summed E-state index contributed by atoms with van der Waals surface area (Å²) in [5.41, 5.74) is 4.43. The van der Waals surface area contributed by atoms with Crippen molar-refractivity contribution in [2.24, 2.45) is 5.41 Å². The zero-order chi connectivity index (χ0) is 14.8. The minimum atomic E-state index is -0.426. The first-order chi connectivity index (χ1) is 9.44. The largest absolute Gasteiger partial charge is 0.303 e. The van der Waals surface area contributed by atoms with Crippen LogP contribution in [-0.2, 0) is 4.79 Å². The smallest absolute Gasteiger partial charge is 0.126 e. The Morgan fingerprint density at radius 1 is 0.800 bits per heavy atom. The molecule has 1 heteroatoms. The molecule has 0 aliphatic heterocycles. The molecule has 0 amide bonds. The highest BCUT2D eigenvalue weighted by Crippen LogP contribution is 2.39. The number of carbonyl (C=O) groups is 1. The van der Waals surface area contributed by atoms with E-state index < -0.39 is 5.41 Å². The third kappa shape index (κ3) is 2.98. The molecular weight excluding hydrogens is 244 g/mol. The van der Waals surface area contributed by atoms with Crippen LogP contribution >= 0.6 is 0 Å². The fourth-order valence-corrected chi connectivity index (χ4v) is 2.64. The Hall–Kier alpha value is -1.89. The van der Waals surface area contributed by atoms with Gasteiger partial charge in [0.1, 0.15) is 6.29 Å². The molecule has 20 heavy (non-hydrogen) atoms. The second kappa shape index (κ2) is 5.62. The van der Waals surface area contributed by atoms with Crippen molar-refractivity contribution in [2.75, 3.05) is 0 Å². The lowest BCUT2D eigenvalue weighted by molar-refractivity contribution is -0.115. The molecule has 0 spiro atoms. The summed E-state index contributed by atoms with van der Waals surface area (Å²) >= 11 is 0. The number of rotatable bonds is 4. The van der Waals surface area contributed by atoms with Crippen LogP contribution in [0, 0.1) is 19.3 Å². The van der Waals surface area contributed by atoms with E-state index in [0.717, 1.165) is 6.29 Å². The summed E-state index contributed by atoms with van der Waals surface area (Å²) < 4.78 is 0. The molecule has 1 nitrogen and oxygen atoms in total. The van der Waals surface area contributed by atoms with E-state index in [1.54, 1.807) is 0 Å². The third-order valence-corrected chi connectivity index (χ3v) is 3.87. The highest BCUT2D eigenvalue weighted by molar-refractivity contribution is 5.62. The molecule has 0 fully saturated rings. The predicted molar refractivity (Wildman–Crippen MR) is 84.0 cm³/mol. The molecule has 0 bridgehead atoms. The topological polar surface area (TPSA) is 17.1 Å². The molecule has 2 rings (SSSR count). The number of hydrogen-bond donors (Lipinski definition) is 0. The van der Waals surface area contributed by atoms with E-state index in [1.165, 1.54) is 22.3 Å². The standard InChI is InChI=1S/C19H22O/c1-14-5-9-16(10-6-14)18(19(3,4)13-20)17-11-7-15(2)8-12-17/h5-13,18H,1-4H3. The zero-order valence-electron chi connectivity index (χ0n) is 12.7. The number of hydrogen-bond acceptors (Lipinski definition) is 1. The van der Waals surface area contributed by atoms with Crippen molar-refractivity contribution in [1.82, 2.24) is 0 Å². The van der Waals surface area contributed by atoms with Crippen LogP contribution < -0.4 is 0 Å². The first-order valence-corrected chi connectivity index (χ1v) is 7.03. The first kappa shape index (κ1) is 14.5. The molecule has 0 saturated heterocycles. The minimum Gasteiger partial charge on any atom is -0.303 e. The molecule has 2 aromatic rings. The number of aldehydes is 1. The fraction of sp³-hybridized carbons (Fsp3) is 0.316. The average molecular weight is 266 g/mol. The normalized spacial score (nSPS) is 11.7. The highest BCUT2D eigenvalue weighted by atomic mass is 16.1. The van der Waals surface area contributed by atoms with Gasteiger partial charge in [-0.3, -0.25) is 0 Å². The monoisotopic (exact) mass is 266 g/mol.